The fourth-order valence-corrected chi connectivity index (χ4v) is 1.39. The van der Waals surface area contributed by atoms with Crippen LogP contribution >= 0.6 is 10.7 Å². The summed E-state index contributed by atoms with van der Waals surface area (Å²) in [7, 11) is 1.52. The maximum Gasteiger partial charge on any atom is 0.237 e. The summed E-state index contributed by atoms with van der Waals surface area (Å²) in [5.41, 5.74) is 0.932. The van der Waals surface area contributed by atoms with Crippen molar-refractivity contribution in [1.29, 1.82) is 0 Å². The Morgan fingerprint density at radius 1 is 1.25 bits per heavy atom. The van der Waals surface area contributed by atoms with Gasteiger partial charge in [-0.3, -0.25) is 0 Å². The van der Waals surface area contributed by atoms with Crippen molar-refractivity contribution in [3.63, 3.8) is 0 Å². The van der Waals surface area contributed by atoms with Gasteiger partial charge in [0, 0.05) is 10.7 Å². The summed E-state index contributed by atoms with van der Waals surface area (Å²) in [6.45, 7) is 0. The van der Waals surface area contributed by atoms with Crippen LogP contribution in [-0.2, 0) is 15.5 Å². The molecule has 0 amide bonds. The van der Waals surface area contributed by atoms with Crippen LogP contribution in [0.3, 0.4) is 0 Å². The SMILES string of the molecule is O=S(=O)(Cl)[CH]Cc1ccccc1. The van der Waals surface area contributed by atoms with Crippen molar-refractivity contribution in [2.24, 2.45) is 0 Å². The quantitative estimate of drug-likeness (QED) is 0.704. The molecule has 0 unspecified atom stereocenters. The van der Waals surface area contributed by atoms with Gasteiger partial charge in [-0.2, -0.15) is 0 Å². The molecule has 0 N–H and O–H groups in total. The van der Waals surface area contributed by atoms with Crippen LogP contribution < -0.4 is 0 Å². The van der Waals surface area contributed by atoms with E-state index in [9.17, 15) is 8.42 Å². The van der Waals surface area contributed by atoms with E-state index in [0.717, 1.165) is 11.3 Å². The van der Waals surface area contributed by atoms with Crippen LogP contribution in [0.25, 0.3) is 0 Å². The van der Waals surface area contributed by atoms with Gasteiger partial charge in [0.1, 0.15) is 0 Å². The molecule has 0 aromatic heterocycles. The predicted molar refractivity (Wildman–Crippen MR) is 49.2 cm³/mol. The third kappa shape index (κ3) is 3.74. The average molecular weight is 204 g/mol. The van der Waals surface area contributed by atoms with Crippen LogP contribution in [0.1, 0.15) is 5.56 Å². The lowest BCUT2D eigenvalue weighted by atomic mass is 10.2. The Bertz CT molecular complexity index is 331. The lowest BCUT2D eigenvalue weighted by Crippen LogP contribution is -1.93. The zero-order chi connectivity index (χ0) is 9.03. The molecule has 0 bridgehead atoms. The van der Waals surface area contributed by atoms with Gasteiger partial charge in [-0.05, 0) is 12.0 Å². The molecule has 0 aliphatic carbocycles. The summed E-state index contributed by atoms with van der Waals surface area (Å²) in [4.78, 5) is 0. The second kappa shape index (κ2) is 3.92. The molecule has 0 atom stereocenters. The van der Waals surface area contributed by atoms with E-state index in [2.05, 4.69) is 0 Å². The molecule has 0 aliphatic rings. The Hall–Kier alpha value is -0.540. The molecule has 1 aromatic rings. The van der Waals surface area contributed by atoms with Crippen molar-refractivity contribution in [3.05, 3.63) is 41.6 Å². The Labute approximate surface area is 76.6 Å². The first-order valence-corrected chi connectivity index (χ1v) is 5.77. The van der Waals surface area contributed by atoms with Crippen LogP contribution in [0, 0.1) is 5.75 Å². The maximum absolute atomic E-state index is 10.5. The number of rotatable bonds is 3. The van der Waals surface area contributed by atoms with Crippen molar-refractivity contribution in [2.75, 3.05) is 0 Å². The molecule has 65 valence electrons. The van der Waals surface area contributed by atoms with E-state index in [1.54, 1.807) is 0 Å². The highest BCUT2D eigenvalue weighted by molar-refractivity contribution is 8.15. The molecule has 1 radical (unpaired) electrons. The fourth-order valence-electron chi connectivity index (χ4n) is 0.810. The predicted octanol–water partition coefficient (Wildman–Crippen LogP) is 1.96. The zero-order valence-corrected chi connectivity index (χ0v) is 7.85. The number of benzene rings is 1. The Balaban J connectivity index is 2.56. The normalized spacial score (nSPS) is 11.4. The minimum atomic E-state index is -3.48. The molecular formula is C8H8ClO2S. The monoisotopic (exact) mass is 203 g/mol. The van der Waals surface area contributed by atoms with Crippen LogP contribution in [0.2, 0.25) is 0 Å². The van der Waals surface area contributed by atoms with Crippen LogP contribution in [0.5, 0.6) is 0 Å². The molecule has 4 heteroatoms. The van der Waals surface area contributed by atoms with Crippen molar-refractivity contribution in [3.8, 4) is 0 Å². The molecule has 0 aliphatic heterocycles. The average Bonchev–Trinajstić information content (AvgIpc) is 2.02. The van der Waals surface area contributed by atoms with Gasteiger partial charge in [0.15, 0.2) is 0 Å². The van der Waals surface area contributed by atoms with E-state index < -0.39 is 9.05 Å². The van der Waals surface area contributed by atoms with E-state index >= 15 is 0 Å². The van der Waals surface area contributed by atoms with Crippen LogP contribution in [-0.4, -0.2) is 8.42 Å². The molecule has 12 heavy (non-hydrogen) atoms. The van der Waals surface area contributed by atoms with Gasteiger partial charge < -0.3 is 0 Å². The summed E-state index contributed by atoms with van der Waals surface area (Å²) in [5, 5.41) is 0. The largest absolute Gasteiger partial charge is 0.237 e. The summed E-state index contributed by atoms with van der Waals surface area (Å²) in [6.07, 6.45) is 0.354. The second-order valence-corrected chi connectivity index (χ2v) is 4.91. The van der Waals surface area contributed by atoms with Crippen LogP contribution in [0.15, 0.2) is 30.3 Å². The Morgan fingerprint density at radius 3 is 2.33 bits per heavy atom. The fraction of sp³-hybridized carbons (Fsp3) is 0.125. The first-order chi connectivity index (χ1) is 5.58. The smallest absolute Gasteiger partial charge is 0.212 e. The highest BCUT2D eigenvalue weighted by Crippen LogP contribution is 2.08. The number of halogens is 1. The molecule has 1 aromatic carbocycles. The van der Waals surface area contributed by atoms with Crippen molar-refractivity contribution in [2.45, 2.75) is 6.42 Å². The first kappa shape index (κ1) is 9.55. The van der Waals surface area contributed by atoms with Gasteiger partial charge in [-0.1, -0.05) is 30.3 Å². The third-order valence-corrected chi connectivity index (χ3v) is 2.30. The van der Waals surface area contributed by atoms with Gasteiger partial charge in [0.25, 0.3) is 0 Å². The molecule has 0 heterocycles. The molecule has 2 nitrogen and oxygen atoms in total. The summed E-state index contributed by atoms with van der Waals surface area (Å²) < 4.78 is 21.0. The van der Waals surface area contributed by atoms with E-state index in [4.69, 9.17) is 10.7 Å². The highest BCUT2D eigenvalue weighted by atomic mass is 35.7. The standard InChI is InChI=1S/C8H8ClO2S/c9-12(10,11)7-6-8-4-2-1-3-5-8/h1-5,7H,6H2. The lowest BCUT2D eigenvalue weighted by Gasteiger charge is -1.96. The van der Waals surface area contributed by atoms with E-state index in [0.29, 0.717) is 6.42 Å². The van der Waals surface area contributed by atoms with Gasteiger partial charge in [0.05, 0.1) is 5.75 Å². The highest BCUT2D eigenvalue weighted by Gasteiger charge is 2.05. The first-order valence-electron chi connectivity index (χ1n) is 3.40. The Kier molecular flexibility index (Phi) is 3.12. The zero-order valence-electron chi connectivity index (χ0n) is 6.27. The Morgan fingerprint density at radius 2 is 1.83 bits per heavy atom. The molecular weight excluding hydrogens is 196 g/mol. The summed E-state index contributed by atoms with van der Waals surface area (Å²) in [5.74, 6) is 1.09. The van der Waals surface area contributed by atoms with Crippen molar-refractivity contribution >= 4 is 19.7 Å². The number of hydrogen-bond acceptors (Lipinski definition) is 2. The number of hydrogen-bond donors (Lipinski definition) is 0. The minimum Gasteiger partial charge on any atom is -0.212 e. The summed E-state index contributed by atoms with van der Waals surface area (Å²) in [6, 6.07) is 9.27. The maximum atomic E-state index is 10.5. The van der Waals surface area contributed by atoms with Gasteiger partial charge in [0.2, 0.25) is 9.05 Å². The molecule has 0 spiro atoms. The van der Waals surface area contributed by atoms with E-state index in [1.807, 2.05) is 30.3 Å². The van der Waals surface area contributed by atoms with Crippen molar-refractivity contribution < 1.29 is 8.42 Å². The molecule has 0 saturated heterocycles. The topological polar surface area (TPSA) is 34.1 Å². The van der Waals surface area contributed by atoms with Crippen LogP contribution in [0.4, 0.5) is 0 Å². The van der Waals surface area contributed by atoms with Gasteiger partial charge in [-0.15, -0.1) is 0 Å². The minimum absolute atomic E-state index is 0.354. The molecule has 0 saturated carbocycles. The van der Waals surface area contributed by atoms with Gasteiger partial charge in [-0.25, -0.2) is 8.42 Å². The lowest BCUT2D eigenvalue weighted by molar-refractivity contribution is 0.613. The van der Waals surface area contributed by atoms with E-state index in [-0.39, 0.29) is 0 Å². The van der Waals surface area contributed by atoms with Gasteiger partial charge >= 0.3 is 0 Å². The molecule has 0 fully saturated rings. The molecule has 1 rings (SSSR count). The second-order valence-electron chi connectivity index (χ2n) is 2.33. The van der Waals surface area contributed by atoms with E-state index in [1.165, 1.54) is 0 Å². The van der Waals surface area contributed by atoms with Crippen molar-refractivity contribution in [1.82, 2.24) is 0 Å². The summed E-state index contributed by atoms with van der Waals surface area (Å²) >= 11 is 0. The third-order valence-electron chi connectivity index (χ3n) is 1.36.